The Hall–Kier alpha value is -1.03. The lowest BCUT2D eigenvalue weighted by Gasteiger charge is -2.17. The minimum atomic E-state index is 0.270. The maximum atomic E-state index is 5.43. The van der Waals surface area contributed by atoms with Crippen LogP contribution >= 0.6 is 0 Å². The number of hydrogen-bond acceptors (Lipinski definition) is 3. The topological polar surface area (TPSA) is 66.7 Å². The molecule has 0 aliphatic rings. The monoisotopic (exact) mass is 196 g/mol. The van der Waals surface area contributed by atoms with E-state index in [0.29, 0.717) is 6.54 Å². The summed E-state index contributed by atoms with van der Waals surface area (Å²) in [6.07, 6.45) is 2.80. The molecule has 1 aromatic rings. The molecule has 1 rings (SSSR count). The summed E-state index contributed by atoms with van der Waals surface area (Å²) in [5, 5.41) is 10.3. The van der Waals surface area contributed by atoms with Crippen molar-refractivity contribution in [1.82, 2.24) is 10.2 Å². The Bertz CT molecular complexity index is 272. The van der Waals surface area contributed by atoms with E-state index in [1.807, 2.05) is 6.20 Å². The van der Waals surface area contributed by atoms with E-state index in [0.717, 1.165) is 24.3 Å². The number of nitrogens with zero attached hydrogens (tertiary/aromatic N) is 1. The molecular formula is C10H20N4. The molecule has 0 aliphatic heterocycles. The van der Waals surface area contributed by atoms with Crippen LogP contribution in [0.5, 0.6) is 0 Å². The Morgan fingerprint density at radius 1 is 1.50 bits per heavy atom. The first kappa shape index (κ1) is 11.0. The van der Waals surface area contributed by atoms with Gasteiger partial charge in [0, 0.05) is 13.1 Å². The van der Waals surface area contributed by atoms with Crippen LogP contribution in [0.1, 0.15) is 26.5 Å². The fourth-order valence-corrected chi connectivity index (χ4v) is 1.34. The van der Waals surface area contributed by atoms with Gasteiger partial charge in [-0.05, 0) is 11.8 Å². The van der Waals surface area contributed by atoms with Crippen molar-refractivity contribution in [2.45, 2.75) is 27.2 Å². The van der Waals surface area contributed by atoms with Crippen LogP contribution in [-0.2, 0) is 6.42 Å². The van der Waals surface area contributed by atoms with E-state index in [2.05, 4.69) is 36.3 Å². The van der Waals surface area contributed by atoms with Crippen LogP contribution in [0.4, 0.5) is 5.69 Å². The summed E-state index contributed by atoms with van der Waals surface area (Å²) in [6.45, 7) is 8.05. The first-order chi connectivity index (χ1) is 6.53. The maximum absolute atomic E-state index is 5.43. The fourth-order valence-electron chi connectivity index (χ4n) is 1.34. The molecule has 14 heavy (non-hydrogen) atoms. The molecule has 0 unspecified atom stereocenters. The second kappa shape index (κ2) is 4.46. The molecule has 80 valence electrons. The van der Waals surface area contributed by atoms with Crippen molar-refractivity contribution >= 4 is 5.69 Å². The highest BCUT2D eigenvalue weighted by molar-refractivity contribution is 5.46. The Morgan fingerprint density at radius 2 is 2.21 bits per heavy atom. The average molecular weight is 196 g/mol. The molecule has 0 fully saturated rings. The molecule has 4 heteroatoms. The van der Waals surface area contributed by atoms with Crippen LogP contribution in [0.2, 0.25) is 0 Å². The van der Waals surface area contributed by atoms with Crippen molar-refractivity contribution in [2.24, 2.45) is 11.1 Å². The van der Waals surface area contributed by atoms with Gasteiger partial charge in [0.1, 0.15) is 0 Å². The zero-order valence-corrected chi connectivity index (χ0v) is 9.22. The summed E-state index contributed by atoms with van der Waals surface area (Å²) in [4.78, 5) is 0. The first-order valence-electron chi connectivity index (χ1n) is 4.99. The van der Waals surface area contributed by atoms with E-state index < -0.39 is 0 Å². The van der Waals surface area contributed by atoms with Gasteiger partial charge in [0.15, 0.2) is 0 Å². The zero-order valence-electron chi connectivity index (χ0n) is 9.22. The van der Waals surface area contributed by atoms with Gasteiger partial charge >= 0.3 is 0 Å². The summed E-state index contributed by atoms with van der Waals surface area (Å²) in [6, 6.07) is 0. The van der Waals surface area contributed by atoms with Gasteiger partial charge in [0.2, 0.25) is 0 Å². The van der Waals surface area contributed by atoms with E-state index in [1.165, 1.54) is 0 Å². The summed E-state index contributed by atoms with van der Waals surface area (Å²) in [5.41, 5.74) is 7.93. The van der Waals surface area contributed by atoms with Gasteiger partial charge in [-0.15, -0.1) is 0 Å². The molecular weight excluding hydrogens is 176 g/mol. The summed E-state index contributed by atoms with van der Waals surface area (Å²) >= 11 is 0. The molecule has 0 amide bonds. The molecule has 1 heterocycles. The van der Waals surface area contributed by atoms with Crippen LogP contribution in [0.25, 0.3) is 0 Å². The molecule has 1 aromatic heterocycles. The number of rotatable bonds is 4. The molecule has 0 atom stereocenters. The van der Waals surface area contributed by atoms with Gasteiger partial charge in [-0.25, -0.2) is 0 Å². The molecule has 0 saturated heterocycles. The van der Waals surface area contributed by atoms with Crippen LogP contribution in [0.15, 0.2) is 6.20 Å². The lowest BCUT2D eigenvalue weighted by Crippen LogP contribution is -2.15. The lowest BCUT2D eigenvalue weighted by atomic mass is 9.90. The van der Waals surface area contributed by atoms with Crippen molar-refractivity contribution in [2.75, 3.05) is 18.4 Å². The number of aromatic nitrogens is 2. The van der Waals surface area contributed by atoms with Gasteiger partial charge < -0.3 is 11.1 Å². The summed E-state index contributed by atoms with van der Waals surface area (Å²) in [7, 11) is 0. The quantitative estimate of drug-likeness (QED) is 0.681. The predicted molar refractivity (Wildman–Crippen MR) is 59.3 cm³/mol. The lowest BCUT2D eigenvalue weighted by molar-refractivity contribution is 0.406. The number of aromatic amines is 1. The Morgan fingerprint density at radius 3 is 2.79 bits per heavy atom. The third-order valence-electron chi connectivity index (χ3n) is 1.89. The first-order valence-corrected chi connectivity index (χ1v) is 4.99. The third-order valence-corrected chi connectivity index (χ3v) is 1.89. The molecule has 0 radical (unpaired) electrons. The van der Waals surface area contributed by atoms with E-state index >= 15 is 0 Å². The number of hydrogen-bond donors (Lipinski definition) is 3. The largest absolute Gasteiger partial charge is 0.381 e. The van der Waals surface area contributed by atoms with Crippen LogP contribution < -0.4 is 11.1 Å². The van der Waals surface area contributed by atoms with Gasteiger partial charge in [-0.1, -0.05) is 20.8 Å². The van der Waals surface area contributed by atoms with Gasteiger partial charge in [0.25, 0.3) is 0 Å². The minimum absolute atomic E-state index is 0.270. The SMILES string of the molecule is CC(C)(C)Cc1[nH]ncc1NCCN. The molecule has 0 spiro atoms. The van der Waals surface area contributed by atoms with Crippen LogP contribution in [0, 0.1) is 5.41 Å². The predicted octanol–water partition coefficient (Wildman–Crippen LogP) is 1.37. The number of nitrogens with one attached hydrogen (secondary N) is 2. The van der Waals surface area contributed by atoms with E-state index in [1.54, 1.807) is 0 Å². The van der Waals surface area contributed by atoms with Crippen molar-refractivity contribution in [3.63, 3.8) is 0 Å². The maximum Gasteiger partial charge on any atom is 0.0757 e. The molecule has 4 N–H and O–H groups in total. The van der Waals surface area contributed by atoms with E-state index in [-0.39, 0.29) is 5.41 Å². The normalized spacial score (nSPS) is 11.7. The van der Waals surface area contributed by atoms with E-state index in [4.69, 9.17) is 5.73 Å². The Labute approximate surface area is 85.3 Å². The molecule has 0 aliphatic carbocycles. The van der Waals surface area contributed by atoms with Gasteiger partial charge in [-0.3, -0.25) is 5.10 Å². The van der Waals surface area contributed by atoms with E-state index in [9.17, 15) is 0 Å². The Balaban J connectivity index is 2.63. The van der Waals surface area contributed by atoms with Crippen molar-refractivity contribution in [3.8, 4) is 0 Å². The molecule has 0 aromatic carbocycles. The second-order valence-corrected chi connectivity index (χ2v) is 4.72. The molecule has 4 nitrogen and oxygen atoms in total. The highest BCUT2D eigenvalue weighted by Gasteiger charge is 2.15. The molecule has 0 bridgehead atoms. The standard InChI is InChI=1S/C10H20N4/c1-10(2,3)6-8-9(7-13-14-8)12-5-4-11/h7,12H,4-6,11H2,1-3H3,(H,13,14). The van der Waals surface area contributed by atoms with Crippen molar-refractivity contribution < 1.29 is 0 Å². The molecule has 0 saturated carbocycles. The smallest absolute Gasteiger partial charge is 0.0757 e. The van der Waals surface area contributed by atoms with Crippen LogP contribution in [0.3, 0.4) is 0 Å². The second-order valence-electron chi connectivity index (χ2n) is 4.72. The highest BCUT2D eigenvalue weighted by atomic mass is 15.1. The average Bonchev–Trinajstić information content (AvgIpc) is 2.45. The highest BCUT2D eigenvalue weighted by Crippen LogP contribution is 2.23. The summed E-state index contributed by atoms with van der Waals surface area (Å²) < 4.78 is 0. The van der Waals surface area contributed by atoms with Gasteiger partial charge in [0.05, 0.1) is 17.6 Å². The third kappa shape index (κ3) is 3.38. The Kier molecular flexibility index (Phi) is 3.52. The van der Waals surface area contributed by atoms with Crippen molar-refractivity contribution in [3.05, 3.63) is 11.9 Å². The zero-order chi connectivity index (χ0) is 10.6. The number of nitrogens with two attached hydrogens (primary N) is 1. The fraction of sp³-hybridized carbons (Fsp3) is 0.700. The summed E-state index contributed by atoms with van der Waals surface area (Å²) in [5.74, 6) is 0. The minimum Gasteiger partial charge on any atom is -0.381 e. The number of anilines is 1. The van der Waals surface area contributed by atoms with Gasteiger partial charge in [-0.2, -0.15) is 5.10 Å². The van der Waals surface area contributed by atoms with Crippen molar-refractivity contribution in [1.29, 1.82) is 0 Å². The number of H-pyrrole nitrogens is 1. The van der Waals surface area contributed by atoms with Crippen LogP contribution in [-0.4, -0.2) is 23.3 Å².